The Kier molecular flexibility index (Phi) is 5.47. The van der Waals surface area contributed by atoms with E-state index in [1.807, 2.05) is 0 Å². The molecule has 0 spiro atoms. The number of amides is 1. The van der Waals surface area contributed by atoms with Gasteiger partial charge in [-0.1, -0.05) is 12.1 Å². The summed E-state index contributed by atoms with van der Waals surface area (Å²) in [6, 6.07) is 5.76. The van der Waals surface area contributed by atoms with Gasteiger partial charge >= 0.3 is 0 Å². The van der Waals surface area contributed by atoms with Gasteiger partial charge in [0.2, 0.25) is 10.0 Å². The quantitative estimate of drug-likeness (QED) is 0.814. The lowest BCUT2D eigenvalue weighted by atomic mass is 10.1. The van der Waals surface area contributed by atoms with Crippen LogP contribution < -0.4 is 10.5 Å². The number of ether oxygens (including phenoxy) is 1. The highest BCUT2D eigenvalue weighted by Crippen LogP contribution is 2.18. The normalized spacial score (nSPS) is 12.8. The number of carbonyl (C=O) groups is 1. The van der Waals surface area contributed by atoms with Crippen LogP contribution in [0, 0.1) is 0 Å². The van der Waals surface area contributed by atoms with Crippen LogP contribution in [0.15, 0.2) is 34.5 Å². The Hall–Kier alpha value is -1.81. The minimum Gasteiger partial charge on any atom is -0.378 e. The number of primary sulfonamides is 1. The summed E-state index contributed by atoms with van der Waals surface area (Å²) >= 11 is 1.34. The number of methoxy groups -OCH3 is 1. The molecule has 2 rings (SSSR count). The van der Waals surface area contributed by atoms with Crippen LogP contribution in [-0.4, -0.2) is 26.4 Å². The average molecular weight is 355 g/mol. The zero-order valence-corrected chi connectivity index (χ0v) is 14.3. The highest BCUT2D eigenvalue weighted by atomic mass is 32.2. The van der Waals surface area contributed by atoms with Crippen LogP contribution in [0.25, 0.3) is 0 Å². The highest BCUT2D eigenvalue weighted by molar-refractivity contribution is 7.89. The molecule has 0 fully saturated rings. The first-order valence-corrected chi connectivity index (χ1v) is 9.11. The molecule has 1 unspecified atom stereocenters. The van der Waals surface area contributed by atoms with Gasteiger partial charge in [-0.15, -0.1) is 11.3 Å². The fourth-order valence-electron chi connectivity index (χ4n) is 1.92. The lowest BCUT2D eigenvalue weighted by Gasteiger charge is -2.14. The van der Waals surface area contributed by atoms with Crippen molar-refractivity contribution in [3.05, 3.63) is 45.9 Å². The molecule has 1 aromatic carbocycles. The molecule has 1 atom stereocenters. The molecule has 0 radical (unpaired) electrons. The summed E-state index contributed by atoms with van der Waals surface area (Å²) in [5.41, 5.74) is 0.939. The van der Waals surface area contributed by atoms with Crippen molar-refractivity contribution in [2.24, 2.45) is 5.14 Å². The molecule has 0 saturated heterocycles. The zero-order chi connectivity index (χ0) is 17.0. The van der Waals surface area contributed by atoms with Crippen molar-refractivity contribution >= 4 is 27.3 Å². The predicted octanol–water partition coefficient (Wildman–Crippen LogP) is 1.43. The van der Waals surface area contributed by atoms with E-state index in [1.165, 1.54) is 23.5 Å². The molecule has 0 aliphatic rings. The summed E-state index contributed by atoms with van der Waals surface area (Å²) in [4.78, 5) is 16.4. The number of hydrogen-bond acceptors (Lipinski definition) is 6. The maximum Gasteiger partial charge on any atom is 0.271 e. The van der Waals surface area contributed by atoms with Crippen LogP contribution in [0.3, 0.4) is 0 Å². The molecule has 23 heavy (non-hydrogen) atoms. The summed E-state index contributed by atoms with van der Waals surface area (Å²) in [6.45, 7) is 2.10. The Morgan fingerprint density at radius 3 is 2.87 bits per heavy atom. The third-order valence-electron chi connectivity index (χ3n) is 3.09. The third-order valence-corrected chi connectivity index (χ3v) is 4.82. The fraction of sp³-hybridized carbons (Fsp3) is 0.286. The van der Waals surface area contributed by atoms with Gasteiger partial charge in [0.05, 0.1) is 17.5 Å². The number of nitrogens with zero attached hydrogens (tertiary/aromatic N) is 1. The number of sulfonamides is 1. The number of nitrogens with two attached hydrogens (primary N) is 1. The summed E-state index contributed by atoms with van der Waals surface area (Å²) in [5.74, 6) is -0.336. The van der Waals surface area contributed by atoms with Gasteiger partial charge in [-0.05, 0) is 24.6 Å². The Labute approximate surface area is 138 Å². The number of aromatic nitrogens is 1. The highest BCUT2D eigenvalue weighted by Gasteiger charge is 2.16. The van der Waals surface area contributed by atoms with Gasteiger partial charge in [-0.2, -0.15) is 0 Å². The van der Waals surface area contributed by atoms with Gasteiger partial charge in [-0.25, -0.2) is 18.5 Å². The van der Waals surface area contributed by atoms with Crippen molar-refractivity contribution in [1.82, 2.24) is 10.3 Å². The van der Waals surface area contributed by atoms with E-state index < -0.39 is 16.1 Å². The number of thiazole rings is 1. The van der Waals surface area contributed by atoms with E-state index in [1.54, 1.807) is 31.5 Å². The van der Waals surface area contributed by atoms with Gasteiger partial charge in [0.1, 0.15) is 10.7 Å². The van der Waals surface area contributed by atoms with E-state index in [9.17, 15) is 13.2 Å². The van der Waals surface area contributed by atoms with Gasteiger partial charge in [-0.3, -0.25) is 4.79 Å². The molecule has 0 saturated carbocycles. The molecule has 0 aliphatic heterocycles. The molecular weight excluding hydrogens is 338 g/mol. The number of carbonyl (C=O) groups excluding carboxylic acids is 1. The number of rotatable bonds is 6. The van der Waals surface area contributed by atoms with Crippen molar-refractivity contribution in [1.29, 1.82) is 0 Å². The van der Waals surface area contributed by atoms with Crippen LogP contribution in [-0.2, 0) is 21.4 Å². The van der Waals surface area contributed by atoms with Crippen molar-refractivity contribution in [3.63, 3.8) is 0 Å². The second-order valence-corrected chi connectivity index (χ2v) is 7.38. The van der Waals surface area contributed by atoms with Gasteiger partial charge < -0.3 is 10.1 Å². The molecule has 3 N–H and O–H groups in total. The van der Waals surface area contributed by atoms with Crippen LogP contribution in [0.2, 0.25) is 0 Å². The van der Waals surface area contributed by atoms with E-state index in [-0.39, 0.29) is 10.8 Å². The largest absolute Gasteiger partial charge is 0.378 e. The summed E-state index contributed by atoms with van der Waals surface area (Å²) in [7, 11) is -2.22. The minimum atomic E-state index is -3.78. The predicted molar refractivity (Wildman–Crippen MR) is 86.5 cm³/mol. The molecule has 0 aliphatic carbocycles. The van der Waals surface area contributed by atoms with Crippen LogP contribution in [0.1, 0.15) is 34.0 Å². The molecule has 1 heterocycles. The summed E-state index contributed by atoms with van der Waals surface area (Å²) < 4.78 is 27.7. The van der Waals surface area contributed by atoms with Gasteiger partial charge in [0, 0.05) is 12.5 Å². The Morgan fingerprint density at radius 1 is 1.48 bits per heavy atom. The molecule has 7 nitrogen and oxygen atoms in total. The van der Waals surface area contributed by atoms with E-state index in [0.29, 0.717) is 22.9 Å². The van der Waals surface area contributed by atoms with Crippen molar-refractivity contribution in [3.8, 4) is 0 Å². The molecule has 9 heteroatoms. The minimum absolute atomic E-state index is 0.00661. The van der Waals surface area contributed by atoms with Crippen LogP contribution in [0.4, 0.5) is 0 Å². The maximum absolute atomic E-state index is 12.2. The SMILES string of the molecule is COCc1nc(C(=O)NC(C)c2cccc(S(N)(=O)=O)c2)cs1. The van der Waals surface area contributed by atoms with E-state index in [0.717, 1.165) is 0 Å². The smallest absolute Gasteiger partial charge is 0.271 e. The number of nitrogens with one attached hydrogen (secondary N) is 1. The van der Waals surface area contributed by atoms with E-state index >= 15 is 0 Å². The van der Waals surface area contributed by atoms with Crippen molar-refractivity contribution in [2.75, 3.05) is 7.11 Å². The topological polar surface area (TPSA) is 111 Å². The first-order valence-electron chi connectivity index (χ1n) is 6.68. The average Bonchev–Trinajstić information content (AvgIpc) is 2.95. The molecular formula is C14H17N3O4S2. The van der Waals surface area contributed by atoms with Crippen LogP contribution in [0.5, 0.6) is 0 Å². The Morgan fingerprint density at radius 2 is 2.22 bits per heavy atom. The monoisotopic (exact) mass is 355 g/mol. The lowest BCUT2D eigenvalue weighted by molar-refractivity contribution is 0.0935. The standard InChI is InChI=1S/C14H17N3O4S2/c1-9(10-4-3-5-11(6-10)23(15,19)20)16-14(18)12-8-22-13(17-12)7-21-2/h3-6,8-9H,7H2,1-2H3,(H,16,18)(H2,15,19,20). The second kappa shape index (κ2) is 7.18. The van der Waals surface area contributed by atoms with Crippen molar-refractivity contribution in [2.45, 2.75) is 24.5 Å². The number of benzene rings is 1. The first-order chi connectivity index (χ1) is 10.8. The van der Waals surface area contributed by atoms with Crippen molar-refractivity contribution < 1.29 is 17.9 Å². The van der Waals surface area contributed by atoms with Gasteiger partial charge in [0.25, 0.3) is 5.91 Å². The first kappa shape index (κ1) is 17.5. The lowest BCUT2D eigenvalue weighted by Crippen LogP contribution is -2.27. The summed E-state index contributed by atoms with van der Waals surface area (Å²) in [5, 5.41) is 10.2. The Bertz CT molecular complexity index is 802. The third kappa shape index (κ3) is 4.58. The second-order valence-electron chi connectivity index (χ2n) is 4.87. The Balaban J connectivity index is 2.11. The molecule has 2 aromatic rings. The zero-order valence-electron chi connectivity index (χ0n) is 12.6. The molecule has 0 bridgehead atoms. The number of hydrogen-bond donors (Lipinski definition) is 2. The fourth-order valence-corrected chi connectivity index (χ4v) is 3.23. The van der Waals surface area contributed by atoms with E-state index in [4.69, 9.17) is 9.88 Å². The van der Waals surface area contributed by atoms with Crippen LogP contribution >= 0.6 is 11.3 Å². The van der Waals surface area contributed by atoms with E-state index in [2.05, 4.69) is 10.3 Å². The molecule has 124 valence electrons. The molecule has 1 amide bonds. The summed E-state index contributed by atoms with van der Waals surface area (Å²) in [6.07, 6.45) is 0. The maximum atomic E-state index is 12.2. The molecule has 1 aromatic heterocycles. The van der Waals surface area contributed by atoms with Gasteiger partial charge in [0.15, 0.2) is 0 Å².